The van der Waals surface area contributed by atoms with E-state index >= 15 is 0 Å². The van der Waals surface area contributed by atoms with E-state index in [1.54, 1.807) is 18.2 Å². The molecule has 0 aliphatic carbocycles. The Balaban J connectivity index is 2.66. The van der Waals surface area contributed by atoms with Gasteiger partial charge in [0, 0.05) is 9.61 Å². The monoisotopic (exact) mass is 347 g/mol. The molecule has 4 heteroatoms. The van der Waals surface area contributed by atoms with Gasteiger partial charge in [0.2, 0.25) is 0 Å². The third kappa shape index (κ3) is 4.53. The molecule has 1 atom stereocenters. The van der Waals surface area contributed by atoms with E-state index in [2.05, 4.69) is 34.8 Å². The van der Waals surface area contributed by atoms with Crippen molar-refractivity contribution in [3.63, 3.8) is 0 Å². The van der Waals surface area contributed by atoms with Gasteiger partial charge < -0.3 is 10.4 Å². The van der Waals surface area contributed by atoms with Crippen LogP contribution in [-0.2, 0) is 0 Å². The van der Waals surface area contributed by atoms with Crippen molar-refractivity contribution < 1.29 is 9.90 Å². The smallest absolute Gasteiger partial charge is 0.255 e. The van der Waals surface area contributed by atoms with Crippen molar-refractivity contribution >= 4 is 28.5 Å². The topological polar surface area (TPSA) is 49.3 Å². The molecule has 0 heterocycles. The van der Waals surface area contributed by atoms with Crippen LogP contribution in [0.4, 0.5) is 0 Å². The molecule has 17 heavy (non-hydrogen) atoms. The summed E-state index contributed by atoms with van der Waals surface area (Å²) >= 11 is 2.12. The number of carbonyl (C=O) groups is 1. The number of nitrogens with one attached hydrogen (secondary N) is 1. The Morgan fingerprint density at radius 3 is 2.88 bits per heavy atom. The van der Waals surface area contributed by atoms with Gasteiger partial charge in [0.25, 0.3) is 5.91 Å². The van der Waals surface area contributed by atoms with Gasteiger partial charge in [-0.2, -0.15) is 0 Å². The minimum atomic E-state index is -0.204. The number of phenolic OH excluding ortho intramolecular Hbond substituents is 1. The lowest BCUT2D eigenvalue weighted by molar-refractivity contribution is 0.0935. The van der Waals surface area contributed by atoms with Gasteiger partial charge in [-0.25, -0.2) is 0 Å². The summed E-state index contributed by atoms with van der Waals surface area (Å²) in [7, 11) is 0. The van der Waals surface area contributed by atoms with Crippen LogP contribution in [0.3, 0.4) is 0 Å². The number of aromatic hydroxyl groups is 1. The largest absolute Gasteiger partial charge is 0.507 e. The van der Waals surface area contributed by atoms with Gasteiger partial charge in [0.15, 0.2) is 0 Å². The molecule has 0 fully saturated rings. The molecule has 0 bridgehead atoms. The first-order chi connectivity index (χ1) is 8.04. The lowest BCUT2D eigenvalue weighted by Crippen LogP contribution is -2.32. The Morgan fingerprint density at radius 1 is 1.53 bits per heavy atom. The van der Waals surface area contributed by atoms with Gasteiger partial charge in [-0.1, -0.05) is 19.8 Å². The summed E-state index contributed by atoms with van der Waals surface area (Å²) < 4.78 is 0.937. The predicted molar refractivity (Wildman–Crippen MR) is 77.3 cm³/mol. The van der Waals surface area contributed by atoms with Crippen LogP contribution >= 0.6 is 22.6 Å². The molecule has 1 amide bonds. The number of unbranched alkanes of at least 4 members (excludes halogenated alkanes) is 1. The van der Waals surface area contributed by atoms with E-state index in [1.165, 1.54) is 0 Å². The first kappa shape index (κ1) is 14.3. The van der Waals surface area contributed by atoms with Crippen molar-refractivity contribution in [2.24, 2.45) is 0 Å². The molecule has 3 nitrogen and oxygen atoms in total. The summed E-state index contributed by atoms with van der Waals surface area (Å²) in [5, 5.41) is 12.5. The molecule has 1 rings (SSSR count). The number of halogens is 1. The lowest BCUT2D eigenvalue weighted by atomic mass is 10.1. The Kier molecular flexibility index (Phi) is 5.74. The first-order valence-corrected chi connectivity index (χ1v) is 6.91. The Labute approximate surface area is 116 Å². The summed E-state index contributed by atoms with van der Waals surface area (Å²) in [4.78, 5) is 11.9. The summed E-state index contributed by atoms with van der Waals surface area (Å²) in [6, 6.07) is 5.15. The molecule has 1 unspecified atom stereocenters. The van der Waals surface area contributed by atoms with Gasteiger partial charge in [-0.15, -0.1) is 0 Å². The van der Waals surface area contributed by atoms with Crippen LogP contribution in [-0.4, -0.2) is 17.1 Å². The number of rotatable bonds is 5. The molecule has 0 aromatic heterocycles. The average Bonchev–Trinajstić information content (AvgIpc) is 2.29. The van der Waals surface area contributed by atoms with Gasteiger partial charge in [0.05, 0.1) is 5.56 Å². The summed E-state index contributed by atoms with van der Waals surface area (Å²) in [6.07, 6.45) is 3.18. The van der Waals surface area contributed by atoms with Gasteiger partial charge in [0.1, 0.15) is 5.75 Å². The second-order valence-electron chi connectivity index (χ2n) is 4.18. The van der Waals surface area contributed by atoms with Crippen LogP contribution in [0.5, 0.6) is 5.75 Å². The summed E-state index contributed by atoms with van der Waals surface area (Å²) in [5.74, 6) is -0.171. The van der Waals surface area contributed by atoms with Crippen LogP contribution in [0.1, 0.15) is 43.5 Å². The van der Waals surface area contributed by atoms with E-state index < -0.39 is 0 Å². The molecular weight excluding hydrogens is 329 g/mol. The SMILES string of the molecule is CCCCC(C)NC(=O)c1cc(I)ccc1O. The number of benzene rings is 1. The number of hydrogen-bond acceptors (Lipinski definition) is 2. The molecule has 0 radical (unpaired) electrons. The second-order valence-corrected chi connectivity index (χ2v) is 5.42. The fraction of sp³-hybridized carbons (Fsp3) is 0.462. The minimum absolute atomic E-state index is 0.0330. The van der Waals surface area contributed by atoms with E-state index in [4.69, 9.17) is 0 Å². The molecule has 0 aliphatic rings. The highest BCUT2D eigenvalue weighted by atomic mass is 127. The molecule has 1 aromatic carbocycles. The van der Waals surface area contributed by atoms with Crippen molar-refractivity contribution in [2.75, 3.05) is 0 Å². The third-order valence-electron chi connectivity index (χ3n) is 2.57. The Morgan fingerprint density at radius 2 is 2.24 bits per heavy atom. The van der Waals surface area contributed by atoms with Crippen molar-refractivity contribution in [1.29, 1.82) is 0 Å². The van der Waals surface area contributed by atoms with Crippen molar-refractivity contribution in [3.05, 3.63) is 27.3 Å². The highest BCUT2D eigenvalue weighted by Gasteiger charge is 2.13. The Bertz CT molecular complexity index is 393. The van der Waals surface area contributed by atoms with Crippen LogP contribution in [0.25, 0.3) is 0 Å². The maximum atomic E-state index is 11.9. The molecular formula is C13H18INO2. The molecule has 1 aromatic rings. The maximum Gasteiger partial charge on any atom is 0.255 e. The van der Waals surface area contributed by atoms with E-state index in [9.17, 15) is 9.90 Å². The third-order valence-corrected chi connectivity index (χ3v) is 3.24. The first-order valence-electron chi connectivity index (χ1n) is 5.84. The number of carbonyl (C=O) groups excluding carboxylic acids is 1. The van der Waals surface area contributed by atoms with Crippen LogP contribution < -0.4 is 5.32 Å². The van der Waals surface area contributed by atoms with Crippen molar-refractivity contribution in [3.8, 4) is 5.75 Å². The van der Waals surface area contributed by atoms with Gasteiger partial charge in [-0.3, -0.25) is 4.79 Å². The predicted octanol–water partition coefficient (Wildman–Crippen LogP) is 3.31. The van der Waals surface area contributed by atoms with E-state index in [0.29, 0.717) is 5.56 Å². The second kappa shape index (κ2) is 6.83. The summed E-state index contributed by atoms with van der Waals surface area (Å²) in [5.41, 5.74) is 0.347. The highest BCUT2D eigenvalue weighted by molar-refractivity contribution is 14.1. The zero-order valence-corrected chi connectivity index (χ0v) is 12.3. The van der Waals surface area contributed by atoms with Gasteiger partial charge in [-0.05, 0) is 54.1 Å². The fourth-order valence-corrected chi connectivity index (χ4v) is 2.07. The quantitative estimate of drug-likeness (QED) is 0.803. The minimum Gasteiger partial charge on any atom is -0.507 e. The molecule has 0 saturated carbocycles. The molecule has 0 saturated heterocycles. The van der Waals surface area contributed by atoms with E-state index in [-0.39, 0.29) is 17.7 Å². The number of phenols is 1. The van der Waals surface area contributed by atoms with E-state index in [1.807, 2.05) is 6.92 Å². The highest BCUT2D eigenvalue weighted by Crippen LogP contribution is 2.19. The van der Waals surface area contributed by atoms with Crippen molar-refractivity contribution in [1.82, 2.24) is 5.32 Å². The standard InChI is InChI=1S/C13H18INO2/c1-3-4-5-9(2)15-13(17)11-8-10(14)6-7-12(11)16/h6-9,16H,3-5H2,1-2H3,(H,15,17). The zero-order valence-electron chi connectivity index (χ0n) is 10.2. The van der Waals surface area contributed by atoms with E-state index in [0.717, 1.165) is 22.8 Å². The fourth-order valence-electron chi connectivity index (χ4n) is 1.57. The number of amides is 1. The normalized spacial score (nSPS) is 12.2. The lowest BCUT2D eigenvalue weighted by Gasteiger charge is -2.14. The Hall–Kier alpha value is -0.780. The number of hydrogen-bond donors (Lipinski definition) is 2. The van der Waals surface area contributed by atoms with Gasteiger partial charge >= 0.3 is 0 Å². The molecule has 2 N–H and O–H groups in total. The molecule has 94 valence electrons. The zero-order chi connectivity index (χ0) is 12.8. The molecule has 0 spiro atoms. The van der Waals surface area contributed by atoms with Crippen LogP contribution in [0.15, 0.2) is 18.2 Å². The maximum absolute atomic E-state index is 11.9. The average molecular weight is 347 g/mol. The summed E-state index contributed by atoms with van der Waals surface area (Å²) in [6.45, 7) is 4.11. The van der Waals surface area contributed by atoms with Crippen LogP contribution in [0, 0.1) is 3.57 Å². The molecule has 0 aliphatic heterocycles. The van der Waals surface area contributed by atoms with Crippen molar-refractivity contribution in [2.45, 2.75) is 39.2 Å². The van der Waals surface area contributed by atoms with Crippen LogP contribution in [0.2, 0.25) is 0 Å².